The number of thioether (sulfide) groups is 1. The molecule has 40 heavy (non-hydrogen) atoms. The molecular formula is C27H29FN8O3S. The first-order chi connectivity index (χ1) is 19.4. The van der Waals surface area contributed by atoms with Gasteiger partial charge in [0, 0.05) is 23.7 Å². The van der Waals surface area contributed by atoms with E-state index in [4.69, 9.17) is 0 Å². The fraction of sp³-hybridized carbons (Fsp3) is 0.444. The Hall–Kier alpha value is -3.87. The molecule has 0 atom stereocenters. The number of benzene rings is 1. The van der Waals surface area contributed by atoms with E-state index in [9.17, 15) is 18.8 Å². The average Bonchev–Trinajstić information content (AvgIpc) is 3.41. The number of amides is 1. The maximum Gasteiger partial charge on any atom is 0.333 e. The van der Waals surface area contributed by atoms with Gasteiger partial charge in [-0.3, -0.25) is 18.7 Å². The van der Waals surface area contributed by atoms with E-state index >= 15 is 0 Å². The minimum absolute atomic E-state index is 0.0761. The van der Waals surface area contributed by atoms with Gasteiger partial charge in [-0.25, -0.2) is 14.2 Å². The molecule has 2 fully saturated rings. The smallest absolute Gasteiger partial charge is 0.333 e. The monoisotopic (exact) mass is 564 g/mol. The molecule has 2 aliphatic rings. The lowest BCUT2D eigenvalue weighted by Gasteiger charge is -2.31. The summed E-state index contributed by atoms with van der Waals surface area (Å²) in [6.07, 6.45) is 4.98. The molecule has 13 heteroatoms. The lowest BCUT2D eigenvalue weighted by atomic mass is 9.90. The summed E-state index contributed by atoms with van der Waals surface area (Å²) in [7, 11) is 0. The van der Waals surface area contributed by atoms with Crippen molar-refractivity contribution in [1.29, 1.82) is 0 Å². The number of aryl methyl sites for hydroxylation is 1. The van der Waals surface area contributed by atoms with Crippen molar-refractivity contribution in [3.63, 3.8) is 0 Å². The van der Waals surface area contributed by atoms with Crippen molar-refractivity contribution >= 4 is 28.7 Å². The van der Waals surface area contributed by atoms with Crippen LogP contribution in [0.25, 0.3) is 16.7 Å². The Morgan fingerprint density at radius 1 is 1.00 bits per heavy atom. The topological polar surface area (TPSA) is 130 Å². The van der Waals surface area contributed by atoms with Crippen LogP contribution in [0.2, 0.25) is 0 Å². The molecule has 1 saturated heterocycles. The first kappa shape index (κ1) is 26.4. The number of aromatic nitrogens is 7. The van der Waals surface area contributed by atoms with Crippen molar-refractivity contribution in [3.8, 4) is 5.69 Å². The Kier molecular flexibility index (Phi) is 7.22. The van der Waals surface area contributed by atoms with Crippen molar-refractivity contribution in [1.82, 2.24) is 39.6 Å². The largest absolute Gasteiger partial charge is 0.349 e. The van der Waals surface area contributed by atoms with Crippen LogP contribution < -0.4 is 16.6 Å². The number of fused-ring (bicyclic) bond motifs is 1. The van der Waals surface area contributed by atoms with Crippen LogP contribution in [0.4, 0.5) is 4.39 Å². The van der Waals surface area contributed by atoms with Crippen molar-refractivity contribution < 1.29 is 9.18 Å². The fourth-order valence-electron chi connectivity index (χ4n) is 5.77. The van der Waals surface area contributed by atoms with Gasteiger partial charge in [0.15, 0.2) is 5.82 Å². The molecule has 0 unspecified atom stereocenters. The Morgan fingerprint density at radius 2 is 1.70 bits per heavy atom. The zero-order valence-electron chi connectivity index (χ0n) is 22.0. The second-order valence-electron chi connectivity index (χ2n) is 10.4. The van der Waals surface area contributed by atoms with Gasteiger partial charge in [-0.05, 0) is 97.7 Å². The molecule has 1 aliphatic carbocycles. The molecule has 1 saturated carbocycles. The molecule has 208 valence electrons. The highest BCUT2D eigenvalue weighted by molar-refractivity contribution is 7.99. The van der Waals surface area contributed by atoms with E-state index in [1.165, 1.54) is 10.6 Å². The summed E-state index contributed by atoms with van der Waals surface area (Å²) in [6.45, 7) is 1.79. The summed E-state index contributed by atoms with van der Waals surface area (Å²) in [6, 6.07) is 7.72. The molecule has 1 aromatic carbocycles. The van der Waals surface area contributed by atoms with Crippen molar-refractivity contribution in [3.05, 3.63) is 74.6 Å². The maximum absolute atomic E-state index is 14.1. The molecule has 0 spiro atoms. The van der Waals surface area contributed by atoms with E-state index in [2.05, 4.69) is 25.8 Å². The number of tetrazole rings is 1. The first-order valence-electron chi connectivity index (χ1n) is 13.5. The molecule has 1 N–H and O–H groups in total. The van der Waals surface area contributed by atoms with E-state index in [-0.39, 0.29) is 40.8 Å². The first-order valence-corrected chi connectivity index (χ1v) is 14.6. The molecule has 0 radical (unpaired) electrons. The average molecular weight is 565 g/mol. The van der Waals surface area contributed by atoms with Crippen LogP contribution >= 0.6 is 11.8 Å². The van der Waals surface area contributed by atoms with Crippen LogP contribution in [-0.2, 0) is 0 Å². The number of halogens is 1. The second kappa shape index (κ2) is 11.0. The molecule has 1 aliphatic heterocycles. The van der Waals surface area contributed by atoms with E-state index < -0.39 is 11.4 Å². The third kappa shape index (κ3) is 4.93. The molecule has 4 aromatic rings. The number of nitrogens with zero attached hydrogens (tertiary/aromatic N) is 7. The number of pyridine rings is 1. The third-order valence-corrected chi connectivity index (χ3v) is 8.92. The summed E-state index contributed by atoms with van der Waals surface area (Å²) in [5.41, 5.74) is 0.656. The summed E-state index contributed by atoms with van der Waals surface area (Å²) in [5, 5.41) is 14.7. The molecule has 3 aromatic heterocycles. The fourth-order valence-corrected chi connectivity index (χ4v) is 6.85. The Morgan fingerprint density at radius 3 is 2.38 bits per heavy atom. The van der Waals surface area contributed by atoms with Gasteiger partial charge in [0.05, 0.1) is 17.3 Å². The van der Waals surface area contributed by atoms with Crippen LogP contribution in [-0.4, -0.2) is 57.8 Å². The maximum atomic E-state index is 14.1. The van der Waals surface area contributed by atoms with Crippen molar-refractivity contribution in [2.24, 2.45) is 0 Å². The molecule has 1 amide bonds. The van der Waals surface area contributed by atoms with Crippen molar-refractivity contribution in [2.45, 2.75) is 63.6 Å². The zero-order chi connectivity index (χ0) is 27.8. The Labute approximate surface area is 232 Å². The van der Waals surface area contributed by atoms with Crippen LogP contribution in [0.1, 0.15) is 66.8 Å². The van der Waals surface area contributed by atoms with Gasteiger partial charge in [-0.2, -0.15) is 16.4 Å². The van der Waals surface area contributed by atoms with Gasteiger partial charge < -0.3 is 5.32 Å². The minimum atomic E-state index is -0.604. The normalized spacial score (nSPS) is 20.1. The van der Waals surface area contributed by atoms with Crippen LogP contribution in [0, 0.1) is 12.7 Å². The third-order valence-electron chi connectivity index (χ3n) is 7.88. The van der Waals surface area contributed by atoms with Crippen LogP contribution in [0.3, 0.4) is 0 Å². The van der Waals surface area contributed by atoms with Gasteiger partial charge in [-0.15, -0.1) is 5.10 Å². The predicted octanol–water partition coefficient (Wildman–Crippen LogP) is 2.96. The number of nitrogens with one attached hydrogen (secondary N) is 1. The second-order valence-corrected chi connectivity index (χ2v) is 11.6. The molecular weight excluding hydrogens is 535 g/mol. The Bertz CT molecular complexity index is 1670. The van der Waals surface area contributed by atoms with E-state index in [0.717, 1.165) is 36.2 Å². The summed E-state index contributed by atoms with van der Waals surface area (Å²) < 4.78 is 18.6. The van der Waals surface area contributed by atoms with Crippen molar-refractivity contribution in [2.75, 3.05) is 11.5 Å². The highest BCUT2D eigenvalue weighted by Crippen LogP contribution is 2.30. The van der Waals surface area contributed by atoms with E-state index in [1.807, 2.05) is 11.8 Å². The highest BCUT2D eigenvalue weighted by Gasteiger charge is 2.30. The number of rotatable bonds is 5. The minimum Gasteiger partial charge on any atom is -0.349 e. The van der Waals surface area contributed by atoms with E-state index in [0.29, 0.717) is 37.1 Å². The van der Waals surface area contributed by atoms with Crippen LogP contribution in [0.15, 0.2) is 46.1 Å². The lowest BCUT2D eigenvalue weighted by Crippen LogP contribution is -2.46. The quantitative estimate of drug-likeness (QED) is 0.392. The van der Waals surface area contributed by atoms with Crippen LogP contribution in [0.5, 0.6) is 0 Å². The number of hydrogen-bond acceptors (Lipinski definition) is 8. The summed E-state index contributed by atoms with van der Waals surface area (Å²) in [4.78, 5) is 44.3. The predicted molar refractivity (Wildman–Crippen MR) is 148 cm³/mol. The van der Waals surface area contributed by atoms with Gasteiger partial charge in [-0.1, -0.05) is 0 Å². The molecule has 11 nitrogen and oxygen atoms in total. The van der Waals surface area contributed by atoms with Gasteiger partial charge in [0.1, 0.15) is 11.5 Å². The highest BCUT2D eigenvalue weighted by atomic mass is 32.2. The number of carbonyl (C=O) groups excluding carboxylic acids is 1. The van der Waals surface area contributed by atoms with Gasteiger partial charge >= 0.3 is 5.69 Å². The number of hydrogen-bond donors (Lipinski definition) is 1. The summed E-state index contributed by atoms with van der Waals surface area (Å²) >= 11 is 1.84. The SMILES string of the molecule is Cc1nnnn1-c1ccc(C(=O)NC2CCC(n3c(=O)c4cc(F)cnc4n(C4CCSCC4)c3=O)CC2)cc1. The Balaban J connectivity index is 1.19. The number of carbonyl (C=O) groups is 1. The summed E-state index contributed by atoms with van der Waals surface area (Å²) in [5.74, 6) is 1.69. The van der Waals surface area contributed by atoms with Gasteiger partial charge in [0.2, 0.25) is 0 Å². The molecule has 6 rings (SSSR count). The zero-order valence-corrected chi connectivity index (χ0v) is 22.8. The standard InChI is InChI=1S/C27H29FN8O3S/c1-16-31-32-33-36(16)22-6-2-17(3-7-22)25(37)30-19-4-8-20(9-5-19)35-26(38)23-14-18(28)15-29-24(23)34(27(35)39)21-10-12-40-13-11-21/h2-3,6-7,14-15,19-21H,4-5,8-13H2,1H3,(H,30,37). The molecule has 4 heterocycles. The lowest BCUT2D eigenvalue weighted by molar-refractivity contribution is 0.0922. The molecule has 0 bridgehead atoms. The van der Waals surface area contributed by atoms with E-state index in [1.54, 1.807) is 40.4 Å². The van der Waals surface area contributed by atoms with Gasteiger partial charge in [0.25, 0.3) is 11.5 Å².